The van der Waals surface area contributed by atoms with Gasteiger partial charge in [0.2, 0.25) is 15.9 Å². The molecule has 20 heavy (non-hydrogen) atoms. The molecule has 0 rings (SSSR count). The first kappa shape index (κ1) is 24.4. The lowest BCUT2D eigenvalue weighted by Crippen LogP contribution is -2.24. The quantitative estimate of drug-likeness (QED) is 0.775. The van der Waals surface area contributed by atoms with Crippen molar-refractivity contribution in [1.82, 2.24) is 14.1 Å². The molecule has 0 aromatic carbocycles. The topological polar surface area (TPSA) is 60.9 Å². The van der Waals surface area contributed by atoms with E-state index in [2.05, 4.69) is 25.9 Å². The van der Waals surface area contributed by atoms with Crippen LogP contribution in [0.1, 0.15) is 27.7 Å². The van der Waals surface area contributed by atoms with Crippen molar-refractivity contribution >= 4 is 15.9 Å². The second-order valence-electron chi connectivity index (χ2n) is 4.61. The van der Waals surface area contributed by atoms with Gasteiger partial charge in [-0.3, -0.25) is 4.79 Å². The van der Waals surface area contributed by atoms with Crippen LogP contribution in [0.2, 0.25) is 0 Å². The Bertz CT molecular complexity index is 330. The van der Waals surface area contributed by atoms with Crippen molar-refractivity contribution in [2.75, 3.05) is 54.1 Å². The fourth-order valence-electron chi connectivity index (χ4n) is 0.457. The number of hydrogen-bond donors (Lipinski definition) is 0. The highest BCUT2D eigenvalue weighted by molar-refractivity contribution is 7.88. The Hall–Kier alpha value is -0.660. The van der Waals surface area contributed by atoms with Crippen LogP contribution >= 0.6 is 0 Å². The third-order valence-electron chi connectivity index (χ3n) is 2.66. The monoisotopic (exact) mass is 311 g/mol. The van der Waals surface area contributed by atoms with Gasteiger partial charge in [-0.2, -0.15) is 0 Å². The molecular formula is C13H33N3O3S. The van der Waals surface area contributed by atoms with Crippen molar-refractivity contribution in [2.45, 2.75) is 27.7 Å². The number of carbonyl (C=O) groups excluding carboxylic acids is 1. The normalized spacial score (nSPS) is 10.3. The first-order valence-corrected chi connectivity index (χ1v) is 8.56. The summed E-state index contributed by atoms with van der Waals surface area (Å²) in [5.41, 5.74) is 0. The zero-order valence-electron chi connectivity index (χ0n) is 14.6. The maximum Gasteiger partial charge on any atom is 0.219 e. The molecular weight excluding hydrogens is 278 g/mol. The summed E-state index contributed by atoms with van der Waals surface area (Å²) in [6.07, 6.45) is 1.19. The number of nitrogens with zero attached hydrogens (tertiary/aromatic N) is 3. The first-order valence-electron chi connectivity index (χ1n) is 6.71. The SMILES string of the molecule is CCN(C)C.CCN(C)C(C)=O.CCN(C)S(C)(=O)=O. The highest BCUT2D eigenvalue weighted by atomic mass is 32.2. The number of hydrogen-bond acceptors (Lipinski definition) is 4. The molecule has 0 fully saturated rings. The molecule has 0 saturated carbocycles. The lowest BCUT2D eigenvalue weighted by molar-refractivity contribution is -0.127. The van der Waals surface area contributed by atoms with Crippen LogP contribution < -0.4 is 0 Å². The second-order valence-corrected chi connectivity index (χ2v) is 6.70. The zero-order valence-corrected chi connectivity index (χ0v) is 15.4. The van der Waals surface area contributed by atoms with Crippen molar-refractivity contribution in [3.05, 3.63) is 0 Å². The minimum atomic E-state index is -2.92. The summed E-state index contributed by atoms with van der Waals surface area (Å²) >= 11 is 0. The van der Waals surface area contributed by atoms with E-state index in [0.29, 0.717) is 6.54 Å². The third-order valence-corrected chi connectivity index (χ3v) is 4.05. The molecule has 124 valence electrons. The number of sulfonamides is 1. The van der Waals surface area contributed by atoms with Gasteiger partial charge in [0.1, 0.15) is 0 Å². The van der Waals surface area contributed by atoms with E-state index in [4.69, 9.17) is 0 Å². The minimum absolute atomic E-state index is 0.127. The van der Waals surface area contributed by atoms with Gasteiger partial charge >= 0.3 is 0 Å². The van der Waals surface area contributed by atoms with Crippen molar-refractivity contribution < 1.29 is 13.2 Å². The molecule has 6 nitrogen and oxygen atoms in total. The maximum atomic E-state index is 10.5. The fourth-order valence-corrected chi connectivity index (χ4v) is 0.926. The molecule has 0 radical (unpaired) electrons. The van der Waals surface area contributed by atoms with Crippen LogP contribution in [0.15, 0.2) is 0 Å². The molecule has 0 aliphatic carbocycles. The van der Waals surface area contributed by atoms with Crippen molar-refractivity contribution in [1.29, 1.82) is 0 Å². The van der Waals surface area contributed by atoms with E-state index in [1.807, 2.05) is 6.92 Å². The fraction of sp³-hybridized carbons (Fsp3) is 0.923. The van der Waals surface area contributed by atoms with Crippen LogP contribution in [0.4, 0.5) is 0 Å². The first-order chi connectivity index (χ1) is 8.93. The van der Waals surface area contributed by atoms with E-state index >= 15 is 0 Å². The smallest absolute Gasteiger partial charge is 0.219 e. The summed E-state index contributed by atoms with van der Waals surface area (Å²) in [5, 5.41) is 0. The van der Waals surface area contributed by atoms with E-state index < -0.39 is 10.0 Å². The lowest BCUT2D eigenvalue weighted by atomic mass is 10.6. The summed E-state index contributed by atoms with van der Waals surface area (Å²) in [5.74, 6) is 0.127. The van der Waals surface area contributed by atoms with Gasteiger partial charge in [0.25, 0.3) is 0 Å². The van der Waals surface area contributed by atoms with Crippen LogP contribution in [0.3, 0.4) is 0 Å². The molecule has 0 aromatic rings. The van der Waals surface area contributed by atoms with E-state index in [9.17, 15) is 13.2 Å². The maximum absolute atomic E-state index is 10.5. The molecule has 7 heteroatoms. The Kier molecular flexibility index (Phi) is 16.2. The Morgan fingerprint density at radius 1 is 0.900 bits per heavy atom. The molecule has 0 spiro atoms. The molecule has 0 unspecified atom stereocenters. The summed E-state index contributed by atoms with van der Waals surface area (Å²) < 4.78 is 22.3. The van der Waals surface area contributed by atoms with Crippen molar-refractivity contribution in [2.24, 2.45) is 0 Å². The average molecular weight is 311 g/mol. The third kappa shape index (κ3) is 19.7. The van der Waals surface area contributed by atoms with E-state index in [0.717, 1.165) is 13.1 Å². The molecule has 0 N–H and O–H groups in total. The highest BCUT2D eigenvalue weighted by Gasteiger charge is 2.05. The Morgan fingerprint density at radius 2 is 1.25 bits per heavy atom. The van der Waals surface area contributed by atoms with Crippen LogP contribution in [-0.2, 0) is 14.8 Å². The molecule has 0 bridgehead atoms. The largest absolute Gasteiger partial charge is 0.346 e. The van der Waals surface area contributed by atoms with Gasteiger partial charge in [-0.05, 0) is 27.6 Å². The predicted molar refractivity (Wildman–Crippen MR) is 86.4 cm³/mol. The Labute approximate surface area is 125 Å². The van der Waals surface area contributed by atoms with Gasteiger partial charge < -0.3 is 9.80 Å². The van der Waals surface area contributed by atoms with Crippen LogP contribution in [0.25, 0.3) is 0 Å². The highest BCUT2D eigenvalue weighted by Crippen LogP contribution is 1.88. The summed E-state index contributed by atoms with van der Waals surface area (Å²) in [6, 6.07) is 0. The average Bonchev–Trinajstić information content (AvgIpc) is 2.36. The van der Waals surface area contributed by atoms with E-state index in [1.165, 1.54) is 10.6 Å². The zero-order chi connectivity index (χ0) is 16.9. The number of carbonyl (C=O) groups is 1. The van der Waals surface area contributed by atoms with Gasteiger partial charge in [0.05, 0.1) is 6.26 Å². The molecule has 1 amide bonds. The standard InChI is InChI=1S/C5H11NO.C4H11NO2S.C4H11N/c1-4-6(3)5(2)7;1-4-5(2)8(3,6)7;1-4-5(2)3/h4H2,1-3H3;4H2,1-3H3;4H2,1-3H3. The van der Waals surface area contributed by atoms with Crippen LogP contribution in [0, 0.1) is 0 Å². The van der Waals surface area contributed by atoms with E-state index in [-0.39, 0.29) is 5.91 Å². The van der Waals surface area contributed by atoms with Gasteiger partial charge in [-0.25, -0.2) is 12.7 Å². The van der Waals surface area contributed by atoms with Crippen LogP contribution in [0.5, 0.6) is 0 Å². The van der Waals surface area contributed by atoms with Crippen molar-refractivity contribution in [3.63, 3.8) is 0 Å². The molecule has 0 atom stereocenters. The number of rotatable bonds is 4. The second kappa shape index (κ2) is 13.3. The van der Waals surface area contributed by atoms with E-state index in [1.54, 1.807) is 32.8 Å². The number of amides is 1. The van der Waals surface area contributed by atoms with Gasteiger partial charge in [0.15, 0.2) is 0 Å². The molecule has 0 aromatic heterocycles. The summed E-state index contributed by atoms with van der Waals surface area (Å²) in [7, 11) is 4.52. The van der Waals surface area contributed by atoms with Gasteiger partial charge in [0, 0.05) is 34.1 Å². The predicted octanol–water partition coefficient (Wildman–Crippen LogP) is 0.950. The van der Waals surface area contributed by atoms with Crippen molar-refractivity contribution in [3.8, 4) is 0 Å². The Morgan fingerprint density at radius 3 is 1.25 bits per heavy atom. The molecule has 0 heterocycles. The summed E-state index contributed by atoms with van der Waals surface area (Å²) in [4.78, 5) is 14.1. The summed E-state index contributed by atoms with van der Waals surface area (Å²) in [6.45, 7) is 9.90. The molecule has 0 aliphatic heterocycles. The van der Waals surface area contributed by atoms with Crippen LogP contribution in [-0.4, -0.2) is 82.5 Å². The van der Waals surface area contributed by atoms with Gasteiger partial charge in [-0.1, -0.05) is 13.8 Å². The molecule has 0 aliphatic rings. The van der Waals surface area contributed by atoms with Gasteiger partial charge in [-0.15, -0.1) is 0 Å². The minimum Gasteiger partial charge on any atom is -0.346 e. The lowest BCUT2D eigenvalue weighted by Gasteiger charge is -2.09. The molecule has 0 saturated heterocycles. The Balaban J connectivity index is -0.000000223.